The van der Waals surface area contributed by atoms with E-state index in [1.807, 2.05) is 0 Å². The van der Waals surface area contributed by atoms with Crippen LogP contribution in [-0.2, 0) is 68.7 Å². The number of hydrogen-bond acceptors (Lipinski definition) is 15. The summed E-state index contributed by atoms with van der Waals surface area (Å²) in [7, 11) is 0. The molecule has 1 saturated heterocycles. The van der Waals surface area contributed by atoms with Crippen LogP contribution in [0.2, 0.25) is 0 Å². The molecule has 1 aliphatic rings. The van der Waals surface area contributed by atoms with E-state index in [0.29, 0.717) is 12.0 Å². The van der Waals surface area contributed by atoms with E-state index in [2.05, 4.69) is 42.5 Å². The van der Waals surface area contributed by atoms with Crippen LogP contribution in [-0.4, -0.2) is 176 Å². The number of aliphatic hydroxyl groups excluding tert-OH is 1. The highest BCUT2D eigenvalue weighted by Crippen LogP contribution is 2.20. The summed E-state index contributed by atoms with van der Waals surface area (Å²) in [5, 5.41) is 57.2. The first-order chi connectivity index (χ1) is 34.6. The maximum atomic E-state index is 13.8. The molecular weight excluding hydrogens is 979 g/mol. The van der Waals surface area contributed by atoms with Gasteiger partial charge in [-0.1, -0.05) is 64.4 Å². The van der Waals surface area contributed by atoms with Gasteiger partial charge < -0.3 is 79.3 Å². The smallest absolute Gasteiger partial charge is 0.326 e. The first-order valence-corrected chi connectivity index (χ1v) is 23.7. The fraction of sp³-hybridized carbons (Fsp3) is 0.587. The summed E-state index contributed by atoms with van der Waals surface area (Å²) in [6.45, 7) is 7.90. The lowest BCUT2D eigenvalue weighted by Gasteiger charge is -2.30. The van der Waals surface area contributed by atoms with Crippen molar-refractivity contribution >= 4 is 77.0 Å². The van der Waals surface area contributed by atoms with Crippen LogP contribution in [0.5, 0.6) is 0 Å². The molecule has 28 heteroatoms. The molecule has 16 N–H and O–H groups in total. The topological polar surface area (TPSA) is 454 Å². The third-order valence-corrected chi connectivity index (χ3v) is 11.9. The van der Waals surface area contributed by atoms with Crippen LogP contribution in [0.15, 0.2) is 30.3 Å². The van der Waals surface area contributed by atoms with E-state index in [0.717, 1.165) is 11.8 Å². The Labute approximate surface area is 425 Å². The number of benzene rings is 1. The van der Waals surface area contributed by atoms with Crippen LogP contribution < -0.4 is 54.0 Å². The molecule has 1 aromatic carbocycles. The number of carboxylic acid groups (broad SMARTS) is 3. The van der Waals surface area contributed by atoms with E-state index in [1.54, 1.807) is 58.0 Å². The fourth-order valence-corrected chi connectivity index (χ4v) is 7.37. The largest absolute Gasteiger partial charge is 0.481 e. The standard InChI is InChI=1S/C46H69N11O17/c1-7-22(4)36(46(73)74)55-41(68)28(19-34(63)64)53-40(67)26(16-25-12-9-8-10-13-25)52-38(65)23(5)50-39(66)27(18-33(61)62)51-32(60)20-49-42(69)30-14-11-15-57(30)45(72)29(17-31(47)59)54-44(71)37(24(6)58)56-43(70)35(48)21(2)3/h8-10,12-13,21-24,26-30,35-37,58H,7,11,14-20,48H2,1-6H3,(H2,47,59)(H,49,69)(H,50,66)(H,51,60)(H,52,65)(H,53,67)(H,54,71)(H,55,68)(H,56,70)(H,61,62)(H,63,64)(H,73,74)/t22-,23-,24+,26-,27-,28-,29-,30-,35-,36-,37-/m0/s1. The van der Waals surface area contributed by atoms with E-state index in [1.165, 1.54) is 6.92 Å². The number of carboxylic acids is 3. The van der Waals surface area contributed by atoms with Gasteiger partial charge in [0.1, 0.15) is 48.3 Å². The zero-order chi connectivity index (χ0) is 56.1. The Bertz CT molecular complexity index is 2230. The average molecular weight is 1050 g/mol. The second-order valence-electron chi connectivity index (χ2n) is 18.2. The number of aliphatic hydroxyl groups is 1. The molecule has 1 aliphatic heterocycles. The highest BCUT2D eigenvalue weighted by atomic mass is 16.4. The zero-order valence-electron chi connectivity index (χ0n) is 41.9. The molecule has 0 radical (unpaired) electrons. The normalized spacial score (nSPS) is 17.1. The summed E-state index contributed by atoms with van der Waals surface area (Å²) in [4.78, 5) is 168. The molecule has 0 aromatic heterocycles. The van der Waals surface area contributed by atoms with E-state index in [9.17, 15) is 82.8 Å². The maximum absolute atomic E-state index is 13.8. The van der Waals surface area contributed by atoms with Crippen LogP contribution in [0.4, 0.5) is 0 Å². The van der Waals surface area contributed by atoms with Gasteiger partial charge in [-0.25, -0.2) is 4.79 Å². The van der Waals surface area contributed by atoms with Crippen molar-refractivity contribution in [2.24, 2.45) is 23.3 Å². The van der Waals surface area contributed by atoms with Crippen LogP contribution in [0, 0.1) is 11.8 Å². The van der Waals surface area contributed by atoms with Gasteiger partial charge in [0.2, 0.25) is 59.1 Å². The number of nitrogens with two attached hydrogens (primary N) is 2. The second-order valence-corrected chi connectivity index (χ2v) is 18.2. The number of carbonyl (C=O) groups is 13. The number of rotatable bonds is 30. The molecule has 410 valence electrons. The average Bonchev–Trinajstić information content (AvgIpc) is 3.82. The number of nitrogens with zero attached hydrogens (tertiary/aromatic N) is 1. The molecule has 1 aromatic rings. The third-order valence-electron chi connectivity index (χ3n) is 11.9. The zero-order valence-corrected chi connectivity index (χ0v) is 41.9. The predicted molar refractivity (Wildman–Crippen MR) is 257 cm³/mol. The van der Waals surface area contributed by atoms with Crippen molar-refractivity contribution in [3.05, 3.63) is 35.9 Å². The molecule has 10 amide bonds. The number of carbonyl (C=O) groups excluding carboxylic acids is 10. The molecule has 2 rings (SSSR count). The van der Waals surface area contributed by atoms with Gasteiger partial charge in [-0.05, 0) is 44.1 Å². The number of hydrogen-bond donors (Lipinski definition) is 14. The molecular formula is C46H69N11O17. The Morgan fingerprint density at radius 1 is 0.649 bits per heavy atom. The summed E-state index contributed by atoms with van der Waals surface area (Å²) in [5.74, 6) is -15.8. The minimum atomic E-state index is -1.87. The first kappa shape index (κ1) is 62.4. The van der Waals surface area contributed by atoms with Gasteiger partial charge >= 0.3 is 17.9 Å². The highest BCUT2D eigenvalue weighted by Gasteiger charge is 2.40. The Hall–Kier alpha value is -7.75. The fourth-order valence-electron chi connectivity index (χ4n) is 7.37. The highest BCUT2D eigenvalue weighted by molar-refractivity contribution is 6.00. The van der Waals surface area contributed by atoms with Gasteiger partial charge in [-0.2, -0.15) is 0 Å². The van der Waals surface area contributed by atoms with Gasteiger partial charge in [-0.3, -0.25) is 57.5 Å². The minimum absolute atomic E-state index is 0.0393. The number of primary amides is 1. The van der Waals surface area contributed by atoms with E-state index in [4.69, 9.17) is 11.5 Å². The van der Waals surface area contributed by atoms with Crippen LogP contribution in [0.3, 0.4) is 0 Å². The third kappa shape index (κ3) is 20.0. The SMILES string of the molecule is CC[C@H](C)[C@H](NC(=O)[C@H](CC(=O)O)NC(=O)[C@H](Cc1ccccc1)NC(=O)[C@H](C)NC(=O)[C@H](CC(=O)O)NC(=O)CNC(=O)[C@@H]1CCCN1C(=O)[C@H](CC(N)=O)NC(=O)[C@@H](NC(=O)[C@@H](N)C(C)C)[C@@H](C)O)C(=O)O. The minimum Gasteiger partial charge on any atom is -0.481 e. The Morgan fingerprint density at radius 3 is 1.70 bits per heavy atom. The maximum Gasteiger partial charge on any atom is 0.326 e. The van der Waals surface area contributed by atoms with Crippen LogP contribution >= 0.6 is 0 Å². The molecule has 0 spiro atoms. The van der Waals surface area contributed by atoms with Crippen molar-refractivity contribution in [3.63, 3.8) is 0 Å². The lowest BCUT2D eigenvalue weighted by molar-refractivity contribution is -0.145. The lowest BCUT2D eigenvalue weighted by atomic mass is 9.98. The number of likely N-dealkylation sites (tertiary alicyclic amines) is 1. The summed E-state index contributed by atoms with van der Waals surface area (Å²) in [6, 6.07) is -5.79. The number of aliphatic carboxylic acids is 3. The molecule has 1 heterocycles. The second kappa shape index (κ2) is 29.7. The summed E-state index contributed by atoms with van der Waals surface area (Å²) in [5.41, 5.74) is 11.7. The predicted octanol–water partition coefficient (Wildman–Crippen LogP) is -4.93. The number of amides is 10. The van der Waals surface area contributed by atoms with Crippen molar-refractivity contribution in [3.8, 4) is 0 Å². The van der Waals surface area contributed by atoms with Crippen molar-refractivity contribution in [1.82, 2.24) is 47.4 Å². The summed E-state index contributed by atoms with van der Waals surface area (Å²) >= 11 is 0. The van der Waals surface area contributed by atoms with Crippen molar-refractivity contribution in [1.29, 1.82) is 0 Å². The lowest BCUT2D eigenvalue weighted by Crippen LogP contribution is -2.61. The van der Waals surface area contributed by atoms with Crippen molar-refractivity contribution in [2.75, 3.05) is 13.1 Å². The molecule has 28 nitrogen and oxygen atoms in total. The van der Waals surface area contributed by atoms with Gasteiger partial charge in [0.05, 0.1) is 38.0 Å². The van der Waals surface area contributed by atoms with Gasteiger partial charge in [0, 0.05) is 13.0 Å². The summed E-state index contributed by atoms with van der Waals surface area (Å²) < 4.78 is 0. The molecule has 74 heavy (non-hydrogen) atoms. The van der Waals surface area contributed by atoms with Crippen molar-refractivity contribution in [2.45, 2.75) is 147 Å². The molecule has 11 atom stereocenters. The van der Waals surface area contributed by atoms with Gasteiger partial charge in [0.25, 0.3) is 0 Å². The van der Waals surface area contributed by atoms with Crippen LogP contribution in [0.25, 0.3) is 0 Å². The van der Waals surface area contributed by atoms with Crippen LogP contribution in [0.1, 0.15) is 85.6 Å². The number of nitrogens with one attached hydrogen (secondary N) is 8. The summed E-state index contributed by atoms with van der Waals surface area (Å²) in [6.07, 6.45) is -3.91. The first-order valence-electron chi connectivity index (χ1n) is 23.7. The molecule has 0 bridgehead atoms. The van der Waals surface area contributed by atoms with Gasteiger partial charge in [0.15, 0.2) is 0 Å². The Morgan fingerprint density at radius 2 is 1.18 bits per heavy atom. The van der Waals surface area contributed by atoms with E-state index < -0.39 is 169 Å². The quantitative estimate of drug-likeness (QED) is 0.0343. The van der Waals surface area contributed by atoms with Crippen molar-refractivity contribution < 1.29 is 82.8 Å². The Kier molecular flexibility index (Phi) is 25.0. The Balaban J connectivity index is 2.20. The molecule has 0 unspecified atom stereocenters. The molecule has 0 aliphatic carbocycles. The monoisotopic (exact) mass is 1050 g/mol. The molecule has 1 fully saturated rings. The molecule has 0 saturated carbocycles. The van der Waals surface area contributed by atoms with Gasteiger partial charge in [-0.15, -0.1) is 0 Å². The van der Waals surface area contributed by atoms with E-state index in [-0.39, 0.29) is 31.7 Å². The van der Waals surface area contributed by atoms with E-state index >= 15 is 0 Å².